The lowest BCUT2D eigenvalue weighted by atomic mass is 10.1. The van der Waals surface area contributed by atoms with E-state index in [2.05, 4.69) is 49.9 Å². The molecule has 9 nitrogen and oxygen atoms in total. The first-order chi connectivity index (χ1) is 23.4. The quantitative estimate of drug-likeness (QED) is 0.230. The molecule has 50 heavy (non-hydrogen) atoms. The van der Waals surface area contributed by atoms with Gasteiger partial charge in [0.1, 0.15) is 17.2 Å². The SMILES string of the molecule is Cc1cc(O[C@@]2(c3ccc(C4CC4)cn3)CC2CN2CCN(C(=O)OC(C)(C)C)[C@H](C)C2)c(I)cc1C(=O)Nc1ncc(C(F)(F)F)cc1C. The second-order valence-corrected chi connectivity index (χ2v) is 16.0. The number of rotatable bonds is 8. The van der Waals surface area contributed by atoms with E-state index in [4.69, 9.17) is 14.5 Å². The molecule has 0 spiro atoms. The Morgan fingerprint density at radius 2 is 1.78 bits per heavy atom. The summed E-state index contributed by atoms with van der Waals surface area (Å²) in [5.41, 5.74) is 1.25. The van der Waals surface area contributed by atoms with Crippen LogP contribution < -0.4 is 10.1 Å². The van der Waals surface area contributed by atoms with E-state index in [1.54, 1.807) is 17.9 Å². The highest BCUT2D eigenvalue weighted by Gasteiger charge is 2.60. The van der Waals surface area contributed by atoms with Gasteiger partial charge < -0.3 is 19.7 Å². The fourth-order valence-corrected chi connectivity index (χ4v) is 7.21. The van der Waals surface area contributed by atoms with Crippen molar-refractivity contribution in [3.8, 4) is 5.75 Å². The summed E-state index contributed by atoms with van der Waals surface area (Å²) < 4.78 is 52.6. The summed E-state index contributed by atoms with van der Waals surface area (Å²) in [4.78, 5) is 39.1. The third kappa shape index (κ3) is 8.03. The lowest BCUT2D eigenvalue weighted by Gasteiger charge is -2.40. The summed E-state index contributed by atoms with van der Waals surface area (Å²) in [6.45, 7) is 13.7. The Morgan fingerprint density at radius 3 is 2.38 bits per heavy atom. The number of halogens is 4. The topological polar surface area (TPSA) is 96.9 Å². The normalized spacial score (nSPS) is 22.6. The van der Waals surface area contributed by atoms with Crippen LogP contribution in [0.1, 0.15) is 91.2 Å². The number of hydrogen-bond acceptors (Lipinski definition) is 7. The number of carbonyl (C=O) groups excluding carboxylic acids is 2. The smallest absolute Gasteiger partial charge is 0.417 e. The van der Waals surface area contributed by atoms with Crippen LogP contribution in [0.25, 0.3) is 0 Å². The zero-order chi connectivity index (χ0) is 36.2. The van der Waals surface area contributed by atoms with Crippen molar-refractivity contribution < 1.29 is 32.2 Å². The average molecular weight is 806 g/mol. The molecule has 1 saturated heterocycles. The first-order valence-electron chi connectivity index (χ1n) is 17.0. The highest BCUT2D eigenvalue weighted by atomic mass is 127. The monoisotopic (exact) mass is 805 g/mol. The molecule has 268 valence electrons. The van der Waals surface area contributed by atoms with Crippen LogP contribution in [0.4, 0.5) is 23.8 Å². The number of alkyl halides is 3. The molecule has 1 N–H and O–H groups in total. The average Bonchev–Trinajstić information content (AvgIpc) is 3.96. The zero-order valence-electron chi connectivity index (χ0n) is 29.2. The zero-order valence-corrected chi connectivity index (χ0v) is 31.3. The molecule has 3 fully saturated rings. The molecular weight excluding hydrogens is 762 g/mol. The largest absolute Gasteiger partial charge is 0.479 e. The Labute approximate surface area is 304 Å². The van der Waals surface area contributed by atoms with Gasteiger partial charge in [0, 0.05) is 62.5 Å². The molecule has 2 saturated carbocycles. The molecule has 2 aliphatic carbocycles. The maximum Gasteiger partial charge on any atom is 0.417 e. The predicted octanol–water partition coefficient (Wildman–Crippen LogP) is 8.08. The summed E-state index contributed by atoms with van der Waals surface area (Å²) in [5.74, 6) is 0.949. The fourth-order valence-electron chi connectivity index (χ4n) is 6.64. The van der Waals surface area contributed by atoms with E-state index in [1.807, 2.05) is 40.0 Å². The second kappa shape index (κ2) is 13.6. The van der Waals surface area contributed by atoms with Gasteiger partial charge in [-0.25, -0.2) is 9.78 Å². The van der Waals surface area contributed by atoms with E-state index in [0.717, 1.165) is 34.8 Å². The van der Waals surface area contributed by atoms with Crippen molar-refractivity contribution >= 4 is 40.4 Å². The van der Waals surface area contributed by atoms with E-state index in [1.165, 1.54) is 25.3 Å². The van der Waals surface area contributed by atoms with Crippen molar-refractivity contribution in [2.45, 2.75) is 90.1 Å². The molecule has 13 heteroatoms. The first-order valence-corrected chi connectivity index (χ1v) is 18.0. The van der Waals surface area contributed by atoms with Gasteiger partial charge in [0.05, 0.1) is 14.8 Å². The van der Waals surface area contributed by atoms with Crippen LogP contribution >= 0.6 is 22.6 Å². The molecule has 3 atom stereocenters. The number of benzene rings is 1. The number of aryl methyl sites for hydroxylation is 2. The number of anilines is 1. The molecule has 6 rings (SSSR count). The maximum absolute atomic E-state index is 13.3. The van der Waals surface area contributed by atoms with Gasteiger partial charge in [0.25, 0.3) is 5.91 Å². The molecule has 2 amide bonds. The van der Waals surface area contributed by atoms with Crippen LogP contribution in [0.2, 0.25) is 0 Å². The lowest BCUT2D eigenvalue weighted by Crippen LogP contribution is -2.55. The molecule has 3 aromatic rings. The number of carbonyl (C=O) groups is 2. The summed E-state index contributed by atoms with van der Waals surface area (Å²) >= 11 is 2.15. The number of pyridine rings is 2. The van der Waals surface area contributed by atoms with Crippen molar-refractivity contribution in [2.24, 2.45) is 5.92 Å². The van der Waals surface area contributed by atoms with Gasteiger partial charge in [-0.05, 0) is 124 Å². The van der Waals surface area contributed by atoms with Crippen LogP contribution in [0.5, 0.6) is 5.75 Å². The van der Waals surface area contributed by atoms with Crippen LogP contribution in [-0.4, -0.2) is 69.6 Å². The Morgan fingerprint density at radius 1 is 1.04 bits per heavy atom. The lowest BCUT2D eigenvalue weighted by molar-refractivity contribution is -0.137. The van der Waals surface area contributed by atoms with Crippen LogP contribution in [0, 0.1) is 23.3 Å². The number of piperazine rings is 1. The minimum Gasteiger partial charge on any atom is -0.479 e. The van der Waals surface area contributed by atoms with Gasteiger partial charge in [-0.2, -0.15) is 13.2 Å². The van der Waals surface area contributed by atoms with E-state index in [0.29, 0.717) is 42.1 Å². The predicted molar refractivity (Wildman–Crippen MR) is 191 cm³/mol. The van der Waals surface area contributed by atoms with Crippen LogP contribution in [-0.2, 0) is 16.5 Å². The number of nitrogens with zero attached hydrogens (tertiary/aromatic N) is 4. The van der Waals surface area contributed by atoms with E-state index < -0.39 is 28.8 Å². The fraction of sp³-hybridized carbons (Fsp3) is 0.514. The maximum atomic E-state index is 13.3. The summed E-state index contributed by atoms with van der Waals surface area (Å²) in [7, 11) is 0. The molecule has 0 radical (unpaired) electrons. The van der Waals surface area contributed by atoms with Crippen molar-refractivity contribution in [3.05, 3.63) is 79.8 Å². The summed E-state index contributed by atoms with van der Waals surface area (Å²) in [6.07, 6.45) is 1.01. The van der Waals surface area contributed by atoms with Gasteiger partial charge in [-0.3, -0.25) is 14.7 Å². The Hall–Kier alpha value is -3.46. The number of amides is 2. The number of aromatic nitrogens is 2. The number of nitrogens with one attached hydrogen (secondary N) is 1. The van der Waals surface area contributed by atoms with E-state index in [9.17, 15) is 22.8 Å². The Kier molecular flexibility index (Phi) is 9.87. The molecule has 1 aromatic carbocycles. The van der Waals surface area contributed by atoms with Crippen molar-refractivity contribution in [3.63, 3.8) is 0 Å². The molecule has 0 bridgehead atoms. The number of ether oxygens (including phenoxy) is 2. The van der Waals surface area contributed by atoms with Gasteiger partial charge >= 0.3 is 12.3 Å². The molecule has 1 aliphatic heterocycles. The molecule has 1 unspecified atom stereocenters. The minimum atomic E-state index is -4.52. The van der Waals surface area contributed by atoms with E-state index >= 15 is 0 Å². The Bertz CT molecular complexity index is 1780. The molecule has 2 aromatic heterocycles. The summed E-state index contributed by atoms with van der Waals surface area (Å²) in [5, 5.41) is 2.67. The first kappa shape index (κ1) is 36.3. The van der Waals surface area contributed by atoms with Crippen molar-refractivity contribution in [1.29, 1.82) is 0 Å². The van der Waals surface area contributed by atoms with Crippen LogP contribution in [0.3, 0.4) is 0 Å². The number of hydrogen-bond donors (Lipinski definition) is 1. The molecule has 3 aliphatic rings. The Balaban J connectivity index is 1.19. The minimum absolute atomic E-state index is 0.00697. The van der Waals surface area contributed by atoms with Gasteiger partial charge in [0.15, 0.2) is 5.60 Å². The van der Waals surface area contributed by atoms with Crippen molar-refractivity contribution in [2.75, 3.05) is 31.5 Å². The van der Waals surface area contributed by atoms with Crippen molar-refractivity contribution in [1.82, 2.24) is 19.8 Å². The second-order valence-electron chi connectivity index (χ2n) is 14.9. The van der Waals surface area contributed by atoms with E-state index in [-0.39, 0.29) is 29.4 Å². The van der Waals surface area contributed by atoms with Gasteiger partial charge in [0.2, 0.25) is 0 Å². The highest BCUT2D eigenvalue weighted by molar-refractivity contribution is 14.1. The molecule has 3 heterocycles. The highest BCUT2D eigenvalue weighted by Crippen LogP contribution is 2.56. The third-order valence-electron chi connectivity index (χ3n) is 9.59. The van der Waals surface area contributed by atoms with Crippen LogP contribution in [0.15, 0.2) is 42.7 Å². The van der Waals surface area contributed by atoms with Gasteiger partial charge in [-0.1, -0.05) is 6.07 Å². The van der Waals surface area contributed by atoms with Gasteiger partial charge in [-0.15, -0.1) is 0 Å². The standard InChI is InChI=1S/C37H43F3IN5O4/c1-21-14-30(29(41)15-28(21)33(47)44-32-22(2)13-26(18-43-32)37(38,39)40)49-36(31-10-9-25(17-42-31)24-7-8-24)16-27(36)20-45-11-12-46(23(3)19-45)34(48)50-35(4,5)6/h9-10,13-15,17-18,23-24,27H,7-8,11-12,16,19-20H2,1-6H3,(H,43,44,47)/t23-,27?,36+/m1/s1. The molecular formula is C37H43F3IN5O4. The third-order valence-corrected chi connectivity index (χ3v) is 10.4. The summed E-state index contributed by atoms with van der Waals surface area (Å²) in [6, 6.07) is 8.76.